The van der Waals surface area contributed by atoms with Crippen molar-refractivity contribution in [2.75, 3.05) is 6.61 Å². The molecule has 162 valence electrons. The van der Waals surface area contributed by atoms with E-state index in [0.29, 0.717) is 0 Å². The molecule has 1 aromatic heterocycles. The van der Waals surface area contributed by atoms with Crippen molar-refractivity contribution in [3.05, 3.63) is 95.3 Å². The van der Waals surface area contributed by atoms with E-state index in [-0.39, 0.29) is 30.2 Å². The third kappa shape index (κ3) is 5.77. The minimum absolute atomic E-state index is 0.0483. The Kier molecular flexibility index (Phi) is 7.55. The molecule has 0 saturated carbocycles. The number of carbonyl (C=O) groups excluding carboxylic acids is 1. The highest BCUT2D eigenvalue weighted by atomic mass is 32.2. The molecule has 0 spiro atoms. The smallest absolute Gasteiger partial charge is 0.338 e. The van der Waals surface area contributed by atoms with Gasteiger partial charge in [-0.15, -0.1) is 0 Å². The van der Waals surface area contributed by atoms with E-state index in [1.807, 2.05) is 30.3 Å². The predicted octanol–water partition coefficient (Wildman–Crippen LogP) is 4.21. The van der Waals surface area contributed by atoms with E-state index in [0.717, 1.165) is 17.5 Å². The second-order valence-electron chi connectivity index (χ2n) is 7.05. The number of aryl methyl sites for hydroxylation is 1. The van der Waals surface area contributed by atoms with E-state index in [1.54, 1.807) is 37.5 Å². The number of pyridine rings is 1. The first-order valence-corrected chi connectivity index (χ1v) is 11.6. The molecule has 0 amide bonds. The molecule has 3 rings (SSSR count). The van der Waals surface area contributed by atoms with Crippen molar-refractivity contribution in [3.63, 3.8) is 0 Å². The Labute approximate surface area is 183 Å². The third-order valence-electron chi connectivity index (χ3n) is 4.85. The topological polar surface area (TPSA) is 76.6 Å². The summed E-state index contributed by atoms with van der Waals surface area (Å²) >= 11 is 0. The van der Waals surface area contributed by atoms with Crippen LogP contribution in [0.15, 0.2) is 78.0 Å². The molecule has 1 heterocycles. The molecule has 3 aromatic rings. The zero-order valence-electron chi connectivity index (χ0n) is 17.7. The number of rotatable bonds is 9. The van der Waals surface area contributed by atoms with Crippen molar-refractivity contribution in [2.24, 2.45) is 0 Å². The fourth-order valence-corrected chi connectivity index (χ4v) is 4.61. The number of aromatic nitrogens is 1. The number of sulfonamides is 1. The second-order valence-corrected chi connectivity index (χ2v) is 8.99. The predicted molar refractivity (Wildman–Crippen MR) is 119 cm³/mol. The molecule has 0 aliphatic rings. The fraction of sp³-hybridized carbons (Fsp3) is 0.250. The van der Waals surface area contributed by atoms with E-state index in [1.165, 1.54) is 22.0 Å². The second kappa shape index (κ2) is 10.3. The number of esters is 1. The van der Waals surface area contributed by atoms with Gasteiger partial charge < -0.3 is 4.74 Å². The Morgan fingerprint density at radius 1 is 0.935 bits per heavy atom. The molecule has 7 heteroatoms. The summed E-state index contributed by atoms with van der Waals surface area (Å²) in [5.41, 5.74) is 3.05. The van der Waals surface area contributed by atoms with Crippen LogP contribution in [0.1, 0.15) is 40.9 Å². The molecule has 6 nitrogen and oxygen atoms in total. The maximum absolute atomic E-state index is 13.6. The van der Waals surface area contributed by atoms with Crippen LogP contribution >= 0.6 is 0 Å². The van der Waals surface area contributed by atoms with Crippen molar-refractivity contribution in [2.45, 2.75) is 38.3 Å². The van der Waals surface area contributed by atoms with Crippen LogP contribution in [0.5, 0.6) is 0 Å². The van der Waals surface area contributed by atoms with Crippen LogP contribution in [-0.2, 0) is 34.3 Å². The van der Waals surface area contributed by atoms with Crippen LogP contribution in [0.25, 0.3) is 0 Å². The van der Waals surface area contributed by atoms with E-state index in [2.05, 4.69) is 11.9 Å². The van der Waals surface area contributed by atoms with Gasteiger partial charge in [0.05, 0.1) is 17.1 Å². The molecule has 2 aromatic carbocycles. The molecule has 0 radical (unpaired) electrons. The first-order valence-electron chi connectivity index (χ1n) is 10.2. The molecular weight excluding hydrogens is 412 g/mol. The fourth-order valence-electron chi connectivity index (χ4n) is 3.15. The molecule has 0 saturated heterocycles. The molecule has 0 bridgehead atoms. The summed E-state index contributed by atoms with van der Waals surface area (Å²) in [6.07, 6.45) is 4.21. The number of benzene rings is 2. The lowest BCUT2D eigenvalue weighted by Gasteiger charge is -2.23. The molecule has 0 N–H and O–H groups in total. The lowest BCUT2D eigenvalue weighted by molar-refractivity contribution is 0.0526. The summed E-state index contributed by atoms with van der Waals surface area (Å²) in [6.45, 7) is 4.36. The number of carbonyl (C=O) groups is 1. The van der Waals surface area contributed by atoms with Gasteiger partial charge in [0.2, 0.25) is 10.0 Å². The Balaban J connectivity index is 1.96. The largest absolute Gasteiger partial charge is 0.462 e. The van der Waals surface area contributed by atoms with E-state index in [9.17, 15) is 13.2 Å². The molecule has 0 unspecified atom stereocenters. The van der Waals surface area contributed by atoms with Gasteiger partial charge in [0.1, 0.15) is 0 Å². The first-order chi connectivity index (χ1) is 14.9. The highest BCUT2D eigenvalue weighted by molar-refractivity contribution is 7.89. The number of nitrogens with zero attached hydrogens (tertiary/aromatic N) is 2. The lowest BCUT2D eigenvalue weighted by atomic mass is 10.1. The van der Waals surface area contributed by atoms with Crippen molar-refractivity contribution < 1.29 is 17.9 Å². The third-order valence-corrected chi connectivity index (χ3v) is 6.64. The molecular formula is C24H26N2O4S. The van der Waals surface area contributed by atoms with Gasteiger partial charge in [-0.1, -0.05) is 43.3 Å². The van der Waals surface area contributed by atoms with Crippen molar-refractivity contribution in [1.29, 1.82) is 0 Å². The maximum Gasteiger partial charge on any atom is 0.338 e. The minimum Gasteiger partial charge on any atom is -0.462 e. The van der Waals surface area contributed by atoms with Crippen molar-refractivity contribution >= 4 is 16.0 Å². The van der Waals surface area contributed by atoms with E-state index < -0.39 is 16.0 Å². The zero-order chi connectivity index (χ0) is 22.3. The van der Waals surface area contributed by atoms with Crippen LogP contribution in [-0.4, -0.2) is 30.3 Å². The van der Waals surface area contributed by atoms with Gasteiger partial charge >= 0.3 is 5.97 Å². The Morgan fingerprint density at radius 2 is 1.65 bits per heavy atom. The van der Waals surface area contributed by atoms with Gasteiger partial charge in [0, 0.05) is 25.5 Å². The minimum atomic E-state index is -3.89. The molecule has 0 aliphatic carbocycles. The summed E-state index contributed by atoms with van der Waals surface area (Å²) in [5.74, 6) is -0.548. The van der Waals surface area contributed by atoms with Gasteiger partial charge in [0.25, 0.3) is 0 Å². The van der Waals surface area contributed by atoms with Crippen LogP contribution in [0, 0.1) is 0 Å². The molecule has 0 aliphatic heterocycles. The first kappa shape index (κ1) is 22.7. The highest BCUT2D eigenvalue weighted by Gasteiger charge is 2.26. The van der Waals surface area contributed by atoms with E-state index in [4.69, 9.17) is 4.74 Å². The SMILES string of the molecule is CCOC(=O)c1cccc(S(=O)(=O)N(Cc2ccc(CC)cc2)Cc2cccnc2)c1. The lowest BCUT2D eigenvalue weighted by Crippen LogP contribution is -2.30. The quantitative estimate of drug-likeness (QED) is 0.468. The normalized spacial score (nSPS) is 11.5. The van der Waals surface area contributed by atoms with Gasteiger partial charge in [-0.05, 0) is 54.3 Å². The van der Waals surface area contributed by atoms with Crippen LogP contribution in [0.3, 0.4) is 0 Å². The highest BCUT2D eigenvalue weighted by Crippen LogP contribution is 2.22. The summed E-state index contributed by atoms with van der Waals surface area (Å²) in [5, 5.41) is 0. The standard InChI is InChI=1S/C24H26N2O4S/c1-3-19-10-12-20(13-11-19)17-26(18-21-7-6-14-25-16-21)31(28,29)23-9-5-8-22(15-23)24(27)30-4-2/h5-16H,3-4,17-18H2,1-2H3. The monoisotopic (exact) mass is 438 g/mol. The summed E-state index contributed by atoms with van der Waals surface area (Å²) < 4.78 is 33.5. The average Bonchev–Trinajstić information content (AvgIpc) is 2.80. The van der Waals surface area contributed by atoms with Crippen LogP contribution in [0.4, 0.5) is 0 Å². The zero-order valence-corrected chi connectivity index (χ0v) is 18.5. The van der Waals surface area contributed by atoms with E-state index >= 15 is 0 Å². The summed E-state index contributed by atoms with van der Waals surface area (Å²) in [4.78, 5) is 16.2. The van der Waals surface area contributed by atoms with Gasteiger partial charge in [-0.2, -0.15) is 4.31 Å². The number of hydrogen-bond donors (Lipinski definition) is 0. The van der Waals surface area contributed by atoms with Crippen LogP contribution < -0.4 is 0 Å². The average molecular weight is 439 g/mol. The molecule has 0 fully saturated rings. The van der Waals surface area contributed by atoms with Gasteiger partial charge in [0.15, 0.2) is 0 Å². The van der Waals surface area contributed by atoms with Gasteiger partial charge in [-0.3, -0.25) is 4.98 Å². The Morgan fingerprint density at radius 3 is 2.29 bits per heavy atom. The Hall–Kier alpha value is -3.03. The Bertz CT molecular complexity index is 1110. The summed E-state index contributed by atoms with van der Waals surface area (Å²) in [6, 6.07) is 17.5. The molecule has 31 heavy (non-hydrogen) atoms. The van der Waals surface area contributed by atoms with Gasteiger partial charge in [-0.25, -0.2) is 13.2 Å². The van der Waals surface area contributed by atoms with Crippen LogP contribution in [0.2, 0.25) is 0 Å². The van der Waals surface area contributed by atoms with Crippen molar-refractivity contribution in [1.82, 2.24) is 9.29 Å². The number of hydrogen-bond acceptors (Lipinski definition) is 5. The molecule has 0 atom stereocenters. The van der Waals surface area contributed by atoms with Crippen molar-refractivity contribution in [3.8, 4) is 0 Å². The maximum atomic E-state index is 13.6. The summed E-state index contributed by atoms with van der Waals surface area (Å²) in [7, 11) is -3.89. The number of ether oxygens (including phenoxy) is 1.